The summed E-state index contributed by atoms with van der Waals surface area (Å²) in [5.41, 5.74) is 4.31. The second-order valence-corrected chi connectivity index (χ2v) is 7.13. The Morgan fingerprint density at radius 1 is 0.828 bits per heavy atom. The monoisotopic (exact) mass is 445 g/mol. The van der Waals surface area contributed by atoms with Crippen LogP contribution >= 0.6 is 34.8 Å². The number of anilines is 1. The van der Waals surface area contributed by atoms with Crippen LogP contribution in [0.1, 0.15) is 26.3 Å². The molecule has 0 saturated carbocycles. The Morgan fingerprint density at radius 2 is 1.55 bits per heavy atom. The van der Waals surface area contributed by atoms with E-state index in [1.165, 1.54) is 6.21 Å². The highest BCUT2D eigenvalue weighted by molar-refractivity contribution is 6.36. The fourth-order valence-electron chi connectivity index (χ4n) is 2.38. The largest absolute Gasteiger partial charge is 0.322 e. The van der Waals surface area contributed by atoms with Gasteiger partial charge < -0.3 is 5.32 Å². The van der Waals surface area contributed by atoms with E-state index in [1.54, 1.807) is 66.7 Å². The van der Waals surface area contributed by atoms with Crippen LogP contribution in [-0.4, -0.2) is 18.0 Å². The highest BCUT2D eigenvalue weighted by atomic mass is 35.5. The molecule has 0 unspecified atom stereocenters. The predicted octanol–water partition coefficient (Wildman–Crippen LogP) is 5.66. The molecule has 0 bridgehead atoms. The topological polar surface area (TPSA) is 70.6 Å². The van der Waals surface area contributed by atoms with Gasteiger partial charge in [0.1, 0.15) is 0 Å². The Hall–Kier alpha value is -2.86. The number of carbonyl (C=O) groups is 2. The number of halogens is 3. The van der Waals surface area contributed by atoms with Crippen LogP contribution < -0.4 is 10.7 Å². The molecule has 0 saturated heterocycles. The lowest BCUT2D eigenvalue weighted by atomic mass is 10.1. The van der Waals surface area contributed by atoms with Gasteiger partial charge in [0, 0.05) is 21.8 Å². The van der Waals surface area contributed by atoms with Crippen LogP contribution in [0.15, 0.2) is 71.8 Å². The van der Waals surface area contributed by atoms with Crippen molar-refractivity contribution in [1.82, 2.24) is 5.43 Å². The minimum absolute atomic E-state index is 0.336. The Bertz CT molecular complexity index is 1080. The summed E-state index contributed by atoms with van der Waals surface area (Å²) in [4.78, 5) is 24.5. The average Bonchev–Trinajstić information content (AvgIpc) is 2.70. The highest BCUT2D eigenvalue weighted by Crippen LogP contribution is 2.20. The quantitative estimate of drug-likeness (QED) is 0.392. The third kappa shape index (κ3) is 5.57. The van der Waals surface area contributed by atoms with Crippen molar-refractivity contribution < 1.29 is 9.59 Å². The van der Waals surface area contributed by atoms with Gasteiger partial charge in [0.2, 0.25) is 0 Å². The zero-order valence-electron chi connectivity index (χ0n) is 14.8. The second-order valence-electron chi connectivity index (χ2n) is 5.88. The van der Waals surface area contributed by atoms with Crippen LogP contribution in [0.4, 0.5) is 5.69 Å². The maximum Gasteiger partial charge on any atom is 0.271 e. The third-order valence-electron chi connectivity index (χ3n) is 3.86. The number of rotatable bonds is 5. The number of hydrazone groups is 1. The summed E-state index contributed by atoms with van der Waals surface area (Å²) >= 11 is 17.9. The van der Waals surface area contributed by atoms with Gasteiger partial charge in [-0.05, 0) is 48.5 Å². The zero-order chi connectivity index (χ0) is 20.8. The lowest BCUT2D eigenvalue weighted by molar-refractivity contribution is 0.0954. The molecule has 29 heavy (non-hydrogen) atoms. The van der Waals surface area contributed by atoms with E-state index >= 15 is 0 Å². The van der Waals surface area contributed by atoms with Gasteiger partial charge in [0.05, 0.1) is 21.8 Å². The first-order valence-electron chi connectivity index (χ1n) is 8.38. The van der Waals surface area contributed by atoms with E-state index in [2.05, 4.69) is 15.8 Å². The average molecular weight is 447 g/mol. The molecule has 5 nitrogen and oxygen atoms in total. The van der Waals surface area contributed by atoms with Crippen molar-refractivity contribution in [2.75, 3.05) is 5.32 Å². The number of amides is 2. The molecule has 0 radical (unpaired) electrons. The van der Waals surface area contributed by atoms with Crippen molar-refractivity contribution in [3.63, 3.8) is 0 Å². The van der Waals surface area contributed by atoms with E-state index in [4.69, 9.17) is 34.8 Å². The van der Waals surface area contributed by atoms with Crippen molar-refractivity contribution in [3.8, 4) is 0 Å². The molecule has 3 rings (SSSR count). The van der Waals surface area contributed by atoms with Crippen LogP contribution in [-0.2, 0) is 0 Å². The summed E-state index contributed by atoms with van der Waals surface area (Å²) in [6, 6.07) is 18.1. The maximum absolute atomic E-state index is 12.3. The number of nitrogens with zero attached hydrogens (tertiary/aromatic N) is 1. The summed E-state index contributed by atoms with van der Waals surface area (Å²) < 4.78 is 0. The number of hydrogen-bond acceptors (Lipinski definition) is 3. The van der Waals surface area contributed by atoms with E-state index in [9.17, 15) is 9.59 Å². The molecule has 0 aliphatic rings. The van der Waals surface area contributed by atoms with Crippen LogP contribution in [0.5, 0.6) is 0 Å². The van der Waals surface area contributed by atoms with Gasteiger partial charge in [-0.2, -0.15) is 5.10 Å². The van der Waals surface area contributed by atoms with Crippen molar-refractivity contribution in [3.05, 3.63) is 98.5 Å². The SMILES string of the molecule is O=C(N/N=C/c1ccc(Cl)cc1Cl)c1ccc(NC(=O)c2ccccc2Cl)cc1. The van der Waals surface area contributed by atoms with E-state index in [-0.39, 0.29) is 5.91 Å². The molecule has 0 spiro atoms. The molecule has 146 valence electrons. The summed E-state index contributed by atoms with van der Waals surface area (Å²) in [5.74, 6) is -0.743. The normalized spacial score (nSPS) is 10.7. The smallest absolute Gasteiger partial charge is 0.271 e. The lowest BCUT2D eigenvalue weighted by Crippen LogP contribution is -2.18. The van der Waals surface area contributed by atoms with Crippen LogP contribution in [0.2, 0.25) is 15.1 Å². The molecule has 2 amide bonds. The van der Waals surface area contributed by atoms with Gasteiger partial charge in [0.25, 0.3) is 11.8 Å². The first-order chi connectivity index (χ1) is 13.9. The minimum Gasteiger partial charge on any atom is -0.322 e. The molecule has 0 aliphatic heterocycles. The molecule has 3 aromatic rings. The van der Waals surface area contributed by atoms with E-state index in [1.807, 2.05) is 0 Å². The first kappa shape index (κ1) is 20.9. The molecule has 0 aromatic heterocycles. The van der Waals surface area contributed by atoms with E-state index in [0.29, 0.717) is 37.4 Å². The number of carbonyl (C=O) groups excluding carboxylic acids is 2. The summed E-state index contributed by atoms with van der Waals surface area (Å²) in [6.07, 6.45) is 1.43. The predicted molar refractivity (Wildman–Crippen MR) is 117 cm³/mol. The highest BCUT2D eigenvalue weighted by Gasteiger charge is 2.10. The van der Waals surface area contributed by atoms with Crippen molar-refractivity contribution in [2.45, 2.75) is 0 Å². The minimum atomic E-state index is -0.407. The Morgan fingerprint density at radius 3 is 2.24 bits per heavy atom. The van der Waals surface area contributed by atoms with Crippen molar-refractivity contribution >= 4 is 58.5 Å². The fraction of sp³-hybridized carbons (Fsp3) is 0. The van der Waals surface area contributed by atoms with Crippen LogP contribution in [0, 0.1) is 0 Å². The molecule has 8 heteroatoms. The first-order valence-corrected chi connectivity index (χ1v) is 9.52. The van der Waals surface area contributed by atoms with E-state index < -0.39 is 5.91 Å². The number of hydrogen-bond donors (Lipinski definition) is 2. The van der Waals surface area contributed by atoms with Crippen molar-refractivity contribution in [1.29, 1.82) is 0 Å². The molecule has 0 aliphatic carbocycles. The van der Waals surface area contributed by atoms with Gasteiger partial charge in [-0.1, -0.05) is 53.0 Å². The molecule has 2 N–H and O–H groups in total. The molecule has 3 aromatic carbocycles. The fourth-order valence-corrected chi connectivity index (χ4v) is 3.06. The standard InChI is InChI=1S/C21H14Cl3N3O2/c22-15-8-5-14(19(24)11-15)12-25-27-20(28)13-6-9-16(10-7-13)26-21(29)17-3-1-2-4-18(17)23/h1-12H,(H,26,29)(H,27,28)/b25-12+. The summed E-state index contributed by atoms with van der Waals surface area (Å²) in [7, 11) is 0. The molecular formula is C21H14Cl3N3O2. The van der Waals surface area contributed by atoms with Gasteiger partial charge in [0.15, 0.2) is 0 Å². The van der Waals surface area contributed by atoms with Gasteiger partial charge in [-0.15, -0.1) is 0 Å². The van der Waals surface area contributed by atoms with Gasteiger partial charge in [-0.3, -0.25) is 9.59 Å². The molecule has 0 heterocycles. The van der Waals surface area contributed by atoms with Gasteiger partial charge in [-0.25, -0.2) is 5.43 Å². The number of benzene rings is 3. The Kier molecular flexibility index (Phi) is 6.88. The van der Waals surface area contributed by atoms with Crippen molar-refractivity contribution in [2.24, 2.45) is 5.10 Å². The van der Waals surface area contributed by atoms with Gasteiger partial charge >= 0.3 is 0 Å². The maximum atomic E-state index is 12.3. The Labute approximate surface area is 182 Å². The number of nitrogens with one attached hydrogen (secondary N) is 2. The molecule has 0 fully saturated rings. The summed E-state index contributed by atoms with van der Waals surface area (Å²) in [5, 5.41) is 7.92. The third-order valence-corrected chi connectivity index (χ3v) is 4.75. The summed E-state index contributed by atoms with van der Waals surface area (Å²) in [6.45, 7) is 0. The molecular weight excluding hydrogens is 433 g/mol. The second kappa shape index (κ2) is 9.56. The zero-order valence-corrected chi connectivity index (χ0v) is 17.1. The van der Waals surface area contributed by atoms with E-state index in [0.717, 1.165) is 0 Å². The van der Waals surface area contributed by atoms with Crippen LogP contribution in [0.25, 0.3) is 0 Å². The Balaban J connectivity index is 1.60. The molecule has 0 atom stereocenters. The van der Waals surface area contributed by atoms with Crippen LogP contribution in [0.3, 0.4) is 0 Å². The lowest BCUT2D eigenvalue weighted by Gasteiger charge is -2.07.